The van der Waals surface area contributed by atoms with Crippen molar-refractivity contribution in [3.8, 4) is 0 Å². The summed E-state index contributed by atoms with van der Waals surface area (Å²) in [6.45, 7) is 0.759. The second-order valence-electron chi connectivity index (χ2n) is 6.66. The number of hydrogen-bond acceptors (Lipinski definition) is 5. The average Bonchev–Trinajstić information content (AvgIpc) is 3.38. The summed E-state index contributed by atoms with van der Waals surface area (Å²) in [4.78, 5) is 23.1. The highest BCUT2D eigenvalue weighted by Crippen LogP contribution is 2.26. The molecule has 3 N–H and O–H groups in total. The molecule has 1 aromatic carbocycles. The Balaban J connectivity index is 0.000000339. The summed E-state index contributed by atoms with van der Waals surface area (Å²) in [5, 5.41) is 15.3. The van der Waals surface area contributed by atoms with Crippen molar-refractivity contribution >= 4 is 16.9 Å². The normalized spacial score (nSPS) is 12.4. The molecule has 0 amide bonds. The van der Waals surface area contributed by atoms with Gasteiger partial charge in [-0.2, -0.15) is 18.3 Å². The van der Waals surface area contributed by atoms with Crippen molar-refractivity contribution in [3.05, 3.63) is 78.3 Å². The fourth-order valence-electron chi connectivity index (χ4n) is 3.08. The molecule has 3 aromatic heterocycles. The summed E-state index contributed by atoms with van der Waals surface area (Å²) in [6.07, 6.45) is 0.141. The van der Waals surface area contributed by atoms with E-state index >= 15 is 0 Å². The number of pyridine rings is 1. The van der Waals surface area contributed by atoms with Crippen LogP contribution in [0.4, 0.5) is 13.2 Å². The van der Waals surface area contributed by atoms with Crippen molar-refractivity contribution in [1.82, 2.24) is 30.0 Å². The smallest absolute Gasteiger partial charge is 0.475 e. The van der Waals surface area contributed by atoms with Crippen molar-refractivity contribution in [2.45, 2.75) is 18.8 Å². The topological polar surface area (TPSA) is 111 Å². The largest absolute Gasteiger partial charge is 0.490 e. The molecule has 3 heterocycles. The lowest BCUT2D eigenvalue weighted by Crippen LogP contribution is -2.26. The number of aliphatic carboxylic acids is 1. The Morgan fingerprint density at radius 2 is 1.94 bits per heavy atom. The van der Waals surface area contributed by atoms with E-state index in [-0.39, 0.29) is 6.04 Å². The lowest BCUT2D eigenvalue weighted by atomic mass is 10.0. The number of aromatic nitrogens is 5. The summed E-state index contributed by atoms with van der Waals surface area (Å²) in [6, 6.07) is 14.5. The second-order valence-corrected chi connectivity index (χ2v) is 6.66. The van der Waals surface area contributed by atoms with Gasteiger partial charge in [0.2, 0.25) is 0 Å². The number of alkyl halides is 3. The quantitative estimate of drug-likeness (QED) is 0.445. The van der Waals surface area contributed by atoms with E-state index in [9.17, 15) is 13.2 Å². The number of carboxylic acids is 1. The predicted molar refractivity (Wildman–Crippen MR) is 106 cm³/mol. The fraction of sp³-hybridized carbons (Fsp3) is 0.200. The van der Waals surface area contributed by atoms with Crippen molar-refractivity contribution in [2.75, 3.05) is 7.05 Å². The molecule has 1 unspecified atom stereocenters. The zero-order valence-corrected chi connectivity index (χ0v) is 16.3. The highest BCUT2D eigenvalue weighted by atomic mass is 19.4. The Kier molecular flexibility index (Phi) is 6.65. The third-order valence-electron chi connectivity index (χ3n) is 4.39. The molecular weight excluding hydrogens is 413 g/mol. The minimum Gasteiger partial charge on any atom is -0.475 e. The molecule has 4 aromatic rings. The number of carbonyl (C=O) groups is 1. The van der Waals surface area contributed by atoms with E-state index in [0.29, 0.717) is 0 Å². The van der Waals surface area contributed by atoms with Gasteiger partial charge in [-0.15, -0.1) is 0 Å². The molecule has 0 aliphatic rings. The lowest BCUT2D eigenvalue weighted by Gasteiger charge is -2.26. The molecule has 0 spiro atoms. The van der Waals surface area contributed by atoms with Gasteiger partial charge in [0.25, 0.3) is 0 Å². The number of aromatic amines is 2. The highest BCUT2D eigenvalue weighted by Gasteiger charge is 2.38. The minimum absolute atomic E-state index is 0.0123. The van der Waals surface area contributed by atoms with Crippen LogP contribution in [0, 0.1) is 0 Å². The maximum absolute atomic E-state index is 10.6. The third kappa shape index (κ3) is 5.66. The first-order valence-corrected chi connectivity index (χ1v) is 9.08. The van der Waals surface area contributed by atoms with Gasteiger partial charge in [0, 0.05) is 35.5 Å². The Hall–Kier alpha value is -3.73. The van der Waals surface area contributed by atoms with E-state index in [0.717, 1.165) is 29.0 Å². The van der Waals surface area contributed by atoms with Crippen molar-refractivity contribution in [1.29, 1.82) is 0 Å². The van der Waals surface area contributed by atoms with Crippen molar-refractivity contribution in [3.63, 3.8) is 0 Å². The van der Waals surface area contributed by atoms with Gasteiger partial charge in [-0.1, -0.05) is 30.3 Å². The minimum atomic E-state index is -5.08. The number of carboxylic acid groups (broad SMARTS) is 1. The second kappa shape index (κ2) is 9.39. The van der Waals surface area contributed by atoms with Crippen molar-refractivity contribution in [2.24, 2.45) is 0 Å². The van der Waals surface area contributed by atoms with Crippen molar-refractivity contribution < 1.29 is 23.1 Å². The number of H-pyrrole nitrogens is 2. The molecule has 0 aliphatic carbocycles. The Bertz CT molecular complexity index is 1080. The van der Waals surface area contributed by atoms with Crippen LogP contribution in [0.5, 0.6) is 0 Å². The SMILES string of the molecule is CN(Cc1cc2cnccc2[nH]1)C(c1ccccc1)c1ncn[nH]1.O=C(O)C(F)(F)F. The molecule has 0 saturated heterocycles. The first-order valence-electron chi connectivity index (χ1n) is 9.08. The fourth-order valence-corrected chi connectivity index (χ4v) is 3.08. The Labute approximate surface area is 174 Å². The number of nitrogens with one attached hydrogen (secondary N) is 2. The zero-order valence-electron chi connectivity index (χ0n) is 16.3. The van der Waals surface area contributed by atoms with Crippen LogP contribution in [-0.2, 0) is 11.3 Å². The summed E-state index contributed by atoms with van der Waals surface area (Å²) >= 11 is 0. The number of fused-ring (bicyclic) bond motifs is 1. The summed E-state index contributed by atoms with van der Waals surface area (Å²) in [7, 11) is 2.09. The van der Waals surface area contributed by atoms with Crippen LogP contribution in [-0.4, -0.2) is 54.3 Å². The third-order valence-corrected chi connectivity index (χ3v) is 4.39. The van der Waals surface area contributed by atoms with Gasteiger partial charge >= 0.3 is 12.1 Å². The highest BCUT2D eigenvalue weighted by molar-refractivity contribution is 5.79. The van der Waals surface area contributed by atoms with E-state index in [2.05, 4.69) is 55.3 Å². The van der Waals surface area contributed by atoms with Gasteiger partial charge in [0.1, 0.15) is 12.2 Å². The summed E-state index contributed by atoms with van der Waals surface area (Å²) < 4.78 is 31.7. The first-order chi connectivity index (χ1) is 14.8. The Morgan fingerprint density at radius 3 is 2.52 bits per heavy atom. The molecule has 0 saturated carbocycles. The monoisotopic (exact) mass is 432 g/mol. The van der Waals surface area contributed by atoms with E-state index in [1.807, 2.05) is 30.5 Å². The zero-order chi connectivity index (χ0) is 22.4. The van der Waals surface area contributed by atoms with Crippen LogP contribution in [0.25, 0.3) is 10.9 Å². The number of benzene rings is 1. The predicted octanol–water partition coefficient (Wildman–Crippen LogP) is 3.54. The molecule has 4 rings (SSSR count). The standard InChI is InChI=1S/C18H18N6.C2HF3O2/c1-24(11-15-9-14-10-19-8-7-16(14)22-15)17(18-20-12-21-23-18)13-5-3-2-4-6-13;3-2(4,5)1(6)7/h2-10,12,17,22H,11H2,1H3,(H,20,21,23);(H,6,7). The molecule has 1 atom stereocenters. The Morgan fingerprint density at radius 1 is 1.23 bits per heavy atom. The molecule has 11 heteroatoms. The maximum atomic E-state index is 10.6. The van der Waals surface area contributed by atoms with Gasteiger partial charge in [0.15, 0.2) is 0 Å². The average molecular weight is 432 g/mol. The molecule has 31 heavy (non-hydrogen) atoms. The van der Waals surface area contributed by atoms with Gasteiger partial charge in [0.05, 0.1) is 6.04 Å². The molecule has 162 valence electrons. The van der Waals surface area contributed by atoms with Gasteiger partial charge in [-0.3, -0.25) is 15.0 Å². The van der Waals surface area contributed by atoms with Crippen LogP contribution >= 0.6 is 0 Å². The summed E-state index contributed by atoms with van der Waals surface area (Å²) in [5.74, 6) is -1.92. The van der Waals surface area contributed by atoms with E-state index in [1.54, 1.807) is 12.5 Å². The molecule has 8 nitrogen and oxygen atoms in total. The van der Waals surface area contributed by atoms with Crippen LogP contribution in [0.3, 0.4) is 0 Å². The summed E-state index contributed by atoms with van der Waals surface area (Å²) in [5.41, 5.74) is 3.42. The first kappa shape index (κ1) is 22.0. The molecular formula is C20H19F3N6O2. The van der Waals surface area contributed by atoms with Crippen LogP contribution in [0.2, 0.25) is 0 Å². The molecule has 0 bridgehead atoms. The van der Waals surface area contributed by atoms with Crippen LogP contribution in [0.1, 0.15) is 23.1 Å². The van der Waals surface area contributed by atoms with Gasteiger partial charge in [-0.05, 0) is 24.7 Å². The maximum Gasteiger partial charge on any atom is 0.490 e. The van der Waals surface area contributed by atoms with Gasteiger partial charge < -0.3 is 10.1 Å². The number of nitrogens with zero attached hydrogens (tertiary/aromatic N) is 4. The van der Waals surface area contributed by atoms with Crippen LogP contribution < -0.4 is 0 Å². The van der Waals surface area contributed by atoms with Gasteiger partial charge in [-0.25, -0.2) is 9.78 Å². The molecule has 0 aliphatic heterocycles. The number of hydrogen-bond donors (Lipinski definition) is 3. The lowest BCUT2D eigenvalue weighted by molar-refractivity contribution is -0.192. The van der Waals surface area contributed by atoms with E-state index < -0.39 is 12.1 Å². The molecule has 0 fully saturated rings. The number of rotatable bonds is 5. The van der Waals surface area contributed by atoms with Crippen LogP contribution in [0.15, 0.2) is 61.2 Å². The van der Waals surface area contributed by atoms with E-state index in [1.165, 1.54) is 5.56 Å². The van der Waals surface area contributed by atoms with E-state index in [4.69, 9.17) is 9.90 Å². The number of halogens is 3. The molecule has 0 radical (unpaired) electrons.